The van der Waals surface area contributed by atoms with Crippen molar-refractivity contribution in [2.24, 2.45) is 0 Å². The van der Waals surface area contributed by atoms with E-state index in [1.807, 2.05) is 0 Å². The molecule has 0 unspecified atom stereocenters. The van der Waals surface area contributed by atoms with Crippen molar-refractivity contribution in [3.63, 3.8) is 0 Å². The van der Waals surface area contributed by atoms with E-state index >= 15 is 0 Å². The molecule has 0 bridgehead atoms. The number of amides is 2. The van der Waals surface area contributed by atoms with Crippen LogP contribution in [0.25, 0.3) is 0 Å². The minimum Gasteiger partial charge on any atom is -0.318 e. The second-order valence-electron chi connectivity index (χ2n) is 5.92. The number of anilines is 1. The van der Waals surface area contributed by atoms with Gasteiger partial charge in [-0.3, -0.25) is 0 Å². The van der Waals surface area contributed by atoms with Crippen molar-refractivity contribution < 1.29 is 17.6 Å². The second-order valence-corrected chi connectivity index (χ2v) is 8.11. The molecule has 1 N–H and O–H groups in total. The van der Waals surface area contributed by atoms with E-state index in [-0.39, 0.29) is 23.6 Å². The largest absolute Gasteiger partial charge is 0.322 e. The summed E-state index contributed by atoms with van der Waals surface area (Å²) in [6.07, 6.45) is 2.89. The fourth-order valence-corrected chi connectivity index (χ4v) is 3.56. The Morgan fingerprint density at radius 2 is 2.09 bits per heavy atom. The van der Waals surface area contributed by atoms with Crippen LogP contribution in [0.5, 0.6) is 0 Å². The standard InChI is InChI=1S/C15H21FN2O3S/c1-10(9-22(3,20)21)18(12-7-8-12)15(19)17-14-6-4-5-13(16)11(14)2/h4-6,10,12H,7-9H2,1-3H3,(H,17,19)/t10-/m1/s1. The highest BCUT2D eigenvalue weighted by Gasteiger charge is 2.37. The van der Waals surface area contributed by atoms with Crippen LogP contribution in [0.4, 0.5) is 14.9 Å². The van der Waals surface area contributed by atoms with E-state index in [2.05, 4.69) is 5.32 Å². The molecule has 2 amide bonds. The van der Waals surface area contributed by atoms with Crippen LogP contribution in [0.1, 0.15) is 25.3 Å². The molecule has 0 heterocycles. The smallest absolute Gasteiger partial charge is 0.318 e. The molecule has 1 aliphatic carbocycles. The second kappa shape index (κ2) is 6.24. The summed E-state index contributed by atoms with van der Waals surface area (Å²) < 4.78 is 36.5. The van der Waals surface area contributed by atoms with Crippen molar-refractivity contribution >= 4 is 21.6 Å². The number of halogens is 1. The van der Waals surface area contributed by atoms with Crippen molar-refractivity contribution in [2.45, 2.75) is 38.8 Å². The number of nitrogens with one attached hydrogen (secondary N) is 1. The van der Waals surface area contributed by atoms with Crippen LogP contribution in [-0.2, 0) is 9.84 Å². The number of hydrogen-bond acceptors (Lipinski definition) is 3. The lowest BCUT2D eigenvalue weighted by Crippen LogP contribution is -2.46. The average molecular weight is 328 g/mol. The summed E-state index contributed by atoms with van der Waals surface area (Å²) in [5.41, 5.74) is 0.768. The Balaban J connectivity index is 2.15. The number of urea groups is 1. The van der Waals surface area contributed by atoms with Gasteiger partial charge in [-0.15, -0.1) is 0 Å². The molecule has 1 saturated carbocycles. The van der Waals surface area contributed by atoms with E-state index in [9.17, 15) is 17.6 Å². The predicted octanol–water partition coefficient (Wildman–Crippen LogP) is 2.56. The molecule has 22 heavy (non-hydrogen) atoms. The van der Waals surface area contributed by atoms with Gasteiger partial charge in [0, 0.05) is 29.6 Å². The van der Waals surface area contributed by atoms with Gasteiger partial charge in [-0.25, -0.2) is 17.6 Å². The van der Waals surface area contributed by atoms with E-state index in [1.165, 1.54) is 12.1 Å². The Hall–Kier alpha value is -1.63. The van der Waals surface area contributed by atoms with Crippen LogP contribution in [-0.4, -0.2) is 43.4 Å². The summed E-state index contributed by atoms with van der Waals surface area (Å²) in [4.78, 5) is 14.0. The van der Waals surface area contributed by atoms with Crippen molar-refractivity contribution in [3.8, 4) is 0 Å². The first-order valence-corrected chi connectivity index (χ1v) is 9.27. The lowest BCUT2D eigenvalue weighted by molar-refractivity contribution is 0.194. The quantitative estimate of drug-likeness (QED) is 0.903. The Morgan fingerprint density at radius 3 is 2.64 bits per heavy atom. The van der Waals surface area contributed by atoms with Crippen LogP contribution in [0.15, 0.2) is 18.2 Å². The Bertz CT molecular complexity index is 671. The van der Waals surface area contributed by atoms with Gasteiger partial charge in [-0.05, 0) is 38.8 Å². The number of hydrogen-bond donors (Lipinski definition) is 1. The molecule has 7 heteroatoms. The highest BCUT2D eigenvalue weighted by Crippen LogP contribution is 2.30. The molecule has 122 valence electrons. The molecule has 0 aromatic heterocycles. The molecule has 1 atom stereocenters. The summed E-state index contributed by atoms with van der Waals surface area (Å²) in [5, 5.41) is 2.69. The molecule has 0 saturated heterocycles. The van der Waals surface area contributed by atoms with Crippen LogP contribution in [0, 0.1) is 12.7 Å². The zero-order chi connectivity index (χ0) is 16.5. The maximum atomic E-state index is 13.5. The molecule has 0 aliphatic heterocycles. The van der Waals surface area contributed by atoms with E-state index in [4.69, 9.17) is 0 Å². The Morgan fingerprint density at radius 1 is 1.45 bits per heavy atom. The minimum atomic E-state index is -3.18. The van der Waals surface area contributed by atoms with Gasteiger partial charge < -0.3 is 10.2 Å². The molecule has 1 aromatic carbocycles. The summed E-state index contributed by atoms with van der Waals surface area (Å²) in [6, 6.07) is 3.74. The Kier molecular flexibility index (Phi) is 4.75. The number of sulfone groups is 1. The van der Waals surface area contributed by atoms with Gasteiger partial charge in [-0.1, -0.05) is 6.07 Å². The topological polar surface area (TPSA) is 66.5 Å². The number of carbonyl (C=O) groups is 1. The number of benzene rings is 1. The minimum absolute atomic E-state index is 0.0608. The number of nitrogens with zero attached hydrogens (tertiary/aromatic N) is 1. The lowest BCUT2D eigenvalue weighted by atomic mass is 10.2. The molecule has 0 spiro atoms. The third kappa shape index (κ3) is 4.19. The van der Waals surface area contributed by atoms with Gasteiger partial charge in [0.25, 0.3) is 0 Å². The summed E-state index contributed by atoms with van der Waals surface area (Å²) in [6.45, 7) is 3.31. The van der Waals surface area contributed by atoms with E-state index in [0.717, 1.165) is 19.1 Å². The lowest BCUT2D eigenvalue weighted by Gasteiger charge is -2.29. The molecular formula is C15H21FN2O3S. The van der Waals surface area contributed by atoms with Crippen molar-refractivity contribution in [1.29, 1.82) is 0 Å². The first kappa shape index (κ1) is 16.7. The number of rotatable bonds is 5. The maximum absolute atomic E-state index is 13.5. The van der Waals surface area contributed by atoms with Crippen molar-refractivity contribution in [2.75, 3.05) is 17.3 Å². The molecule has 1 aromatic rings. The molecule has 0 radical (unpaired) electrons. The van der Waals surface area contributed by atoms with Crippen LogP contribution in [0.3, 0.4) is 0 Å². The highest BCUT2D eigenvalue weighted by molar-refractivity contribution is 7.90. The molecule has 2 rings (SSSR count). The van der Waals surface area contributed by atoms with Gasteiger partial charge in [-0.2, -0.15) is 0 Å². The zero-order valence-electron chi connectivity index (χ0n) is 13.0. The summed E-state index contributed by atoms with van der Waals surface area (Å²) in [5.74, 6) is -0.473. The van der Waals surface area contributed by atoms with E-state index in [0.29, 0.717) is 11.3 Å². The highest BCUT2D eigenvalue weighted by atomic mass is 32.2. The summed E-state index contributed by atoms with van der Waals surface area (Å²) in [7, 11) is -3.18. The fourth-order valence-electron chi connectivity index (χ4n) is 2.52. The zero-order valence-corrected chi connectivity index (χ0v) is 13.8. The monoisotopic (exact) mass is 328 g/mol. The first-order chi connectivity index (χ1) is 10.2. The SMILES string of the molecule is Cc1c(F)cccc1NC(=O)N(C1CC1)[C@H](C)CS(C)(=O)=O. The fraction of sp³-hybridized carbons (Fsp3) is 0.533. The number of carbonyl (C=O) groups excluding carboxylic acids is 1. The van der Waals surface area contributed by atoms with E-state index in [1.54, 1.807) is 24.8 Å². The van der Waals surface area contributed by atoms with Crippen LogP contribution in [0.2, 0.25) is 0 Å². The first-order valence-electron chi connectivity index (χ1n) is 7.21. The van der Waals surface area contributed by atoms with Crippen molar-refractivity contribution in [3.05, 3.63) is 29.6 Å². The normalized spacial score (nSPS) is 16.2. The van der Waals surface area contributed by atoms with Gasteiger partial charge in [0.05, 0.1) is 5.75 Å². The third-order valence-electron chi connectivity index (χ3n) is 3.70. The van der Waals surface area contributed by atoms with Gasteiger partial charge >= 0.3 is 6.03 Å². The van der Waals surface area contributed by atoms with Gasteiger partial charge in [0.15, 0.2) is 0 Å². The van der Waals surface area contributed by atoms with Gasteiger partial charge in [0.1, 0.15) is 15.7 Å². The van der Waals surface area contributed by atoms with Crippen molar-refractivity contribution in [1.82, 2.24) is 4.90 Å². The molecule has 1 aliphatic rings. The molecular weight excluding hydrogens is 307 g/mol. The average Bonchev–Trinajstić information content (AvgIpc) is 3.17. The maximum Gasteiger partial charge on any atom is 0.322 e. The van der Waals surface area contributed by atoms with Crippen LogP contribution >= 0.6 is 0 Å². The molecule has 1 fully saturated rings. The Labute approximate surface area is 130 Å². The predicted molar refractivity (Wildman–Crippen MR) is 84.2 cm³/mol. The molecule has 5 nitrogen and oxygen atoms in total. The van der Waals surface area contributed by atoms with Crippen LogP contribution < -0.4 is 5.32 Å². The van der Waals surface area contributed by atoms with E-state index < -0.39 is 15.9 Å². The third-order valence-corrected chi connectivity index (χ3v) is 4.79. The summed E-state index contributed by atoms with van der Waals surface area (Å²) >= 11 is 0. The van der Waals surface area contributed by atoms with Gasteiger partial charge in [0.2, 0.25) is 0 Å².